The summed E-state index contributed by atoms with van der Waals surface area (Å²) >= 11 is 1.53. The van der Waals surface area contributed by atoms with Crippen molar-refractivity contribution in [1.29, 1.82) is 0 Å². The topological polar surface area (TPSA) is 55.1 Å². The van der Waals surface area contributed by atoms with Crippen molar-refractivity contribution in [2.24, 2.45) is 0 Å². The van der Waals surface area contributed by atoms with Crippen LogP contribution in [-0.4, -0.2) is 25.5 Å². The number of alkyl halides is 3. The van der Waals surface area contributed by atoms with Crippen molar-refractivity contribution in [1.82, 2.24) is 19.4 Å². The number of nitrogens with one attached hydrogen (secondary N) is 1. The minimum Gasteiger partial charge on any atom is -0.349 e. The second kappa shape index (κ2) is 5.91. The minimum atomic E-state index is -4.18. The number of halogens is 3. The van der Waals surface area contributed by atoms with Crippen LogP contribution >= 0.6 is 11.3 Å². The van der Waals surface area contributed by atoms with Gasteiger partial charge in [-0.1, -0.05) is 0 Å². The van der Waals surface area contributed by atoms with Gasteiger partial charge in [0.05, 0.1) is 12.2 Å². The van der Waals surface area contributed by atoms with E-state index in [4.69, 9.17) is 0 Å². The van der Waals surface area contributed by atoms with Gasteiger partial charge < -0.3 is 5.32 Å². The Hall–Kier alpha value is -2.16. The number of hydrogen-bond donors (Lipinski definition) is 1. The van der Waals surface area contributed by atoms with Gasteiger partial charge in [-0.2, -0.15) is 13.2 Å². The maximum absolute atomic E-state index is 12.2. The van der Waals surface area contributed by atoms with Crippen LogP contribution < -0.4 is 5.32 Å². The van der Waals surface area contributed by atoms with Crippen molar-refractivity contribution in [2.75, 3.05) is 5.32 Å². The number of anilines is 1. The van der Waals surface area contributed by atoms with Gasteiger partial charge in [0.25, 0.3) is 0 Å². The number of aromatic nitrogens is 4. The van der Waals surface area contributed by atoms with E-state index in [9.17, 15) is 13.2 Å². The molecule has 0 radical (unpaired) electrons. The van der Waals surface area contributed by atoms with Crippen LogP contribution in [0.25, 0.3) is 4.96 Å². The van der Waals surface area contributed by atoms with Crippen LogP contribution in [0.15, 0.2) is 30.0 Å². The fourth-order valence-electron chi connectivity index (χ4n) is 1.92. The largest absolute Gasteiger partial charge is 0.389 e. The summed E-state index contributed by atoms with van der Waals surface area (Å²) in [5, 5.41) is 4.91. The number of fused-ring (bicyclic) bond motifs is 1. The van der Waals surface area contributed by atoms with E-state index in [1.54, 1.807) is 0 Å². The summed E-state index contributed by atoms with van der Waals surface area (Å²) in [6, 6.07) is 1.49. The van der Waals surface area contributed by atoms with Gasteiger partial charge in [0, 0.05) is 36.1 Å². The Kier molecular flexibility index (Phi) is 3.97. The van der Waals surface area contributed by atoms with Crippen molar-refractivity contribution in [3.63, 3.8) is 0 Å². The molecule has 0 aliphatic heterocycles. The zero-order valence-electron chi connectivity index (χ0n) is 11.3. The summed E-state index contributed by atoms with van der Waals surface area (Å²) in [6.07, 6.45) is 0.0201. The van der Waals surface area contributed by atoms with Crippen LogP contribution in [0.5, 0.6) is 0 Å². The van der Waals surface area contributed by atoms with E-state index < -0.39 is 12.6 Å². The normalized spacial score (nSPS) is 12.0. The first kappa shape index (κ1) is 14.8. The summed E-state index contributed by atoms with van der Waals surface area (Å²) in [4.78, 5) is 13.4. The lowest BCUT2D eigenvalue weighted by Crippen LogP contribution is -2.10. The average molecular weight is 327 g/mol. The van der Waals surface area contributed by atoms with Gasteiger partial charge >= 0.3 is 6.18 Å². The summed E-state index contributed by atoms with van der Waals surface area (Å²) in [5.74, 6) is 0.302. The van der Waals surface area contributed by atoms with Gasteiger partial charge in [0.2, 0.25) is 5.95 Å². The Morgan fingerprint density at radius 1 is 1.23 bits per heavy atom. The highest BCUT2D eigenvalue weighted by Gasteiger charge is 2.26. The molecule has 0 spiro atoms. The predicted molar refractivity (Wildman–Crippen MR) is 76.8 cm³/mol. The fraction of sp³-hybridized carbons (Fsp3) is 0.308. The summed E-state index contributed by atoms with van der Waals surface area (Å²) in [5.41, 5.74) is 1.18. The molecule has 22 heavy (non-hydrogen) atoms. The molecule has 116 valence electrons. The van der Waals surface area contributed by atoms with Gasteiger partial charge in [0.1, 0.15) is 0 Å². The van der Waals surface area contributed by atoms with Gasteiger partial charge in [-0.05, 0) is 12.5 Å². The lowest BCUT2D eigenvalue weighted by atomic mass is 10.2. The lowest BCUT2D eigenvalue weighted by molar-refractivity contribution is -0.134. The van der Waals surface area contributed by atoms with E-state index in [-0.39, 0.29) is 6.42 Å². The zero-order chi connectivity index (χ0) is 15.6. The Balaban J connectivity index is 1.61. The molecule has 0 unspecified atom stereocenters. The van der Waals surface area contributed by atoms with Crippen molar-refractivity contribution in [3.05, 3.63) is 41.4 Å². The van der Waals surface area contributed by atoms with Crippen LogP contribution in [-0.2, 0) is 13.0 Å². The second-order valence-electron chi connectivity index (χ2n) is 4.67. The molecular weight excluding hydrogens is 315 g/mol. The third-order valence-electron chi connectivity index (χ3n) is 2.95. The van der Waals surface area contributed by atoms with Gasteiger partial charge in [-0.15, -0.1) is 11.3 Å². The molecule has 0 saturated carbocycles. The fourth-order valence-corrected chi connectivity index (χ4v) is 2.64. The molecule has 0 atom stereocenters. The monoisotopic (exact) mass is 327 g/mol. The van der Waals surface area contributed by atoms with Crippen LogP contribution in [0.2, 0.25) is 0 Å². The van der Waals surface area contributed by atoms with E-state index in [1.807, 2.05) is 22.2 Å². The minimum absolute atomic E-state index is 0.152. The van der Waals surface area contributed by atoms with Crippen molar-refractivity contribution in [3.8, 4) is 0 Å². The van der Waals surface area contributed by atoms with Gasteiger partial charge in [-0.25, -0.2) is 15.0 Å². The predicted octanol–water partition coefficient (Wildman–Crippen LogP) is 3.29. The molecular formula is C13H12F3N5S. The molecule has 9 heteroatoms. The number of hydrogen-bond acceptors (Lipinski definition) is 5. The maximum atomic E-state index is 12.2. The average Bonchev–Trinajstić information content (AvgIpc) is 3.04. The molecule has 0 saturated heterocycles. The van der Waals surface area contributed by atoms with Crippen LogP contribution in [0.3, 0.4) is 0 Å². The molecule has 1 N–H and O–H groups in total. The van der Waals surface area contributed by atoms with E-state index in [2.05, 4.69) is 20.3 Å². The number of aryl methyl sites for hydroxylation is 1. The van der Waals surface area contributed by atoms with E-state index in [1.165, 1.54) is 23.6 Å². The first-order valence-electron chi connectivity index (χ1n) is 6.53. The van der Waals surface area contributed by atoms with Crippen LogP contribution in [0, 0.1) is 0 Å². The number of imidazole rings is 1. The number of thiazole rings is 1. The van der Waals surface area contributed by atoms with Crippen molar-refractivity contribution in [2.45, 2.75) is 25.6 Å². The molecule has 0 aromatic carbocycles. The second-order valence-corrected chi connectivity index (χ2v) is 5.54. The molecule has 0 amide bonds. The Bertz CT molecular complexity index is 736. The zero-order valence-corrected chi connectivity index (χ0v) is 12.2. The van der Waals surface area contributed by atoms with Crippen LogP contribution in [0.1, 0.15) is 17.8 Å². The van der Waals surface area contributed by atoms with E-state index >= 15 is 0 Å². The van der Waals surface area contributed by atoms with Crippen molar-refractivity contribution < 1.29 is 13.2 Å². The molecule has 0 aliphatic rings. The summed E-state index contributed by atoms with van der Waals surface area (Å²) < 4.78 is 38.5. The lowest BCUT2D eigenvalue weighted by Gasteiger charge is -2.07. The smallest absolute Gasteiger partial charge is 0.349 e. The molecule has 3 heterocycles. The first-order chi connectivity index (χ1) is 10.5. The van der Waals surface area contributed by atoms with Crippen LogP contribution in [0.4, 0.5) is 19.1 Å². The first-order valence-corrected chi connectivity index (χ1v) is 7.41. The number of rotatable bonds is 5. The third kappa shape index (κ3) is 3.73. The van der Waals surface area contributed by atoms with Gasteiger partial charge in [0.15, 0.2) is 4.96 Å². The molecule has 0 fully saturated rings. The molecule has 3 aromatic heterocycles. The maximum Gasteiger partial charge on any atom is 0.389 e. The third-order valence-corrected chi connectivity index (χ3v) is 3.72. The molecule has 0 aliphatic carbocycles. The van der Waals surface area contributed by atoms with Gasteiger partial charge in [-0.3, -0.25) is 4.40 Å². The van der Waals surface area contributed by atoms with Crippen molar-refractivity contribution >= 4 is 22.2 Å². The highest BCUT2D eigenvalue weighted by atomic mass is 32.1. The SMILES string of the molecule is FC(F)(F)CCc1ccnc(NCc2cn3ccsc3n2)n1. The Morgan fingerprint density at radius 2 is 2.09 bits per heavy atom. The highest BCUT2D eigenvalue weighted by molar-refractivity contribution is 7.15. The molecule has 0 bridgehead atoms. The Labute approximate surface area is 127 Å². The standard InChI is InChI=1S/C13H12F3N5S/c14-13(15,16)3-1-9-2-4-17-11(19-9)18-7-10-8-21-5-6-22-12(21)20-10/h2,4-6,8H,1,3,7H2,(H,17,18,19). The number of nitrogens with zero attached hydrogens (tertiary/aromatic N) is 4. The summed E-state index contributed by atoms with van der Waals surface area (Å²) in [6.45, 7) is 0.414. The quantitative estimate of drug-likeness (QED) is 0.781. The molecule has 3 aromatic rings. The summed E-state index contributed by atoms with van der Waals surface area (Å²) in [7, 11) is 0. The van der Waals surface area contributed by atoms with E-state index in [0.29, 0.717) is 18.2 Å². The highest BCUT2D eigenvalue weighted by Crippen LogP contribution is 2.21. The molecule has 3 rings (SSSR count). The molecule has 5 nitrogen and oxygen atoms in total. The van der Waals surface area contributed by atoms with E-state index in [0.717, 1.165) is 10.7 Å². The Morgan fingerprint density at radius 3 is 2.86 bits per heavy atom.